The van der Waals surface area contributed by atoms with Gasteiger partial charge >= 0.3 is 5.92 Å². The van der Waals surface area contributed by atoms with Gasteiger partial charge in [0.2, 0.25) is 5.91 Å². The van der Waals surface area contributed by atoms with Crippen molar-refractivity contribution in [3.05, 3.63) is 58.7 Å². The van der Waals surface area contributed by atoms with E-state index in [1.165, 1.54) is 19.2 Å². The molecule has 2 heterocycles. The summed E-state index contributed by atoms with van der Waals surface area (Å²) in [5.74, 6) is -4.26. The second-order valence-corrected chi connectivity index (χ2v) is 10.4. The number of aliphatic hydroxyl groups is 1. The lowest BCUT2D eigenvalue weighted by atomic mass is 9.85. The van der Waals surface area contributed by atoms with Crippen molar-refractivity contribution in [2.45, 2.75) is 57.6 Å². The summed E-state index contributed by atoms with van der Waals surface area (Å²) in [5, 5.41) is 14.0. The standard InChI is InChI=1S/C27H31F3N4O3/c1-14(16-9-8-10-18(22(16)28)27(29,30)26(5,36)13-37-7)31-23-17-11-21-19(12-20(17)32-15(2)33-23)25(3,4)24(35)34(21)6/h8-12,14,36H,13H2,1-7H3,(H,31,32,33)/t14-,26-/m1/s1. The Morgan fingerprint density at radius 1 is 1.24 bits per heavy atom. The van der Waals surface area contributed by atoms with Crippen LogP contribution in [0.3, 0.4) is 0 Å². The molecule has 1 aliphatic rings. The first kappa shape index (κ1) is 26.8. The molecule has 37 heavy (non-hydrogen) atoms. The van der Waals surface area contributed by atoms with E-state index in [2.05, 4.69) is 15.3 Å². The van der Waals surface area contributed by atoms with Crippen LogP contribution in [0.25, 0.3) is 10.9 Å². The number of nitrogens with one attached hydrogen (secondary N) is 1. The number of carbonyl (C=O) groups is 1. The molecule has 198 valence electrons. The van der Waals surface area contributed by atoms with E-state index in [1.807, 2.05) is 26.0 Å². The minimum absolute atomic E-state index is 0.0237. The number of halogens is 3. The zero-order chi connectivity index (χ0) is 27.5. The first-order chi connectivity index (χ1) is 17.1. The maximum absolute atomic E-state index is 15.5. The summed E-state index contributed by atoms with van der Waals surface area (Å²) in [6.45, 7) is 7.28. The van der Waals surface area contributed by atoms with Crippen LogP contribution in [0, 0.1) is 12.7 Å². The molecule has 3 aromatic rings. The number of hydrogen-bond acceptors (Lipinski definition) is 6. The van der Waals surface area contributed by atoms with Gasteiger partial charge in [0, 0.05) is 30.8 Å². The lowest BCUT2D eigenvalue weighted by Gasteiger charge is -2.33. The van der Waals surface area contributed by atoms with E-state index >= 15 is 13.2 Å². The van der Waals surface area contributed by atoms with Gasteiger partial charge in [0.1, 0.15) is 17.5 Å². The van der Waals surface area contributed by atoms with Crippen molar-refractivity contribution in [3.8, 4) is 0 Å². The highest BCUT2D eigenvalue weighted by molar-refractivity contribution is 6.10. The number of anilines is 2. The molecule has 4 rings (SSSR count). The summed E-state index contributed by atoms with van der Waals surface area (Å²) < 4.78 is 50.5. The van der Waals surface area contributed by atoms with E-state index in [0.717, 1.165) is 24.2 Å². The molecule has 0 bridgehead atoms. The van der Waals surface area contributed by atoms with Crippen LogP contribution in [-0.2, 0) is 20.9 Å². The molecule has 2 N–H and O–H groups in total. The van der Waals surface area contributed by atoms with Crippen LogP contribution in [0.2, 0.25) is 0 Å². The van der Waals surface area contributed by atoms with Crippen LogP contribution in [0.1, 0.15) is 56.3 Å². The highest BCUT2D eigenvalue weighted by Crippen LogP contribution is 2.44. The van der Waals surface area contributed by atoms with Crippen molar-refractivity contribution in [1.82, 2.24) is 9.97 Å². The molecular weight excluding hydrogens is 485 g/mol. The van der Waals surface area contributed by atoms with Crippen LogP contribution >= 0.6 is 0 Å². The number of nitrogens with zero attached hydrogens (tertiary/aromatic N) is 3. The fourth-order valence-corrected chi connectivity index (χ4v) is 4.88. The molecule has 0 radical (unpaired) electrons. The lowest BCUT2D eigenvalue weighted by Crippen LogP contribution is -2.47. The SMILES string of the molecule is COC[C@@](C)(O)C(F)(F)c1cccc([C@@H](C)Nc2nc(C)nc3cc4c(cc23)N(C)C(=O)C4(C)C)c1F. The molecule has 2 aromatic carbocycles. The molecule has 1 aromatic heterocycles. The molecule has 1 amide bonds. The Morgan fingerprint density at radius 3 is 2.57 bits per heavy atom. The summed E-state index contributed by atoms with van der Waals surface area (Å²) in [7, 11) is 2.88. The fraction of sp³-hybridized carbons (Fsp3) is 0.444. The van der Waals surface area contributed by atoms with Gasteiger partial charge in [0.15, 0.2) is 5.60 Å². The predicted molar refractivity (Wildman–Crippen MR) is 136 cm³/mol. The highest BCUT2D eigenvalue weighted by atomic mass is 19.3. The first-order valence-corrected chi connectivity index (χ1v) is 11.9. The number of rotatable bonds is 7. The van der Waals surface area contributed by atoms with Crippen LogP contribution in [0.5, 0.6) is 0 Å². The van der Waals surface area contributed by atoms with Crippen LogP contribution in [0.4, 0.5) is 24.7 Å². The molecule has 10 heteroatoms. The Labute approximate surface area is 213 Å². The average molecular weight is 517 g/mol. The molecule has 0 fully saturated rings. The van der Waals surface area contributed by atoms with E-state index in [1.54, 1.807) is 25.8 Å². The number of fused-ring (bicyclic) bond motifs is 2. The Morgan fingerprint density at radius 2 is 1.92 bits per heavy atom. The normalized spacial score (nSPS) is 17.6. The number of hydrogen-bond donors (Lipinski definition) is 2. The number of likely N-dealkylation sites (N-methyl/N-ethyl adjacent to an activating group) is 1. The summed E-state index contributed by atoms with van der Waals surface area (Å²) in [4.78, 5) is 23.4. The minimum Gasteiger partial charge on any atom is -0.381 e. The van der Waals surface area contributed by atoms with Crippen LogP contribution in [-0.4, -0.2) is 47.3 Å². The minimum atomic E-state index is -3.91. The number of ether oxygens (including phenoxy) is 1. The second kappa shape index (κ2) is 8.95. The zero-order valence-corrected chi connectivity index (χ0v) is 21.9. The lowest BCUT2D eigenvalue weighted by molar-refractivity contribution is -0.201. The quantitative estimate of drug-likeness (QED) is 0.460. The maximum Gasteiger partial charge on any atom is 0.306 e. The number of methoxy groups -OCH3 is 1. The van der Waals surface area contributed by atoms with Gasteiger partial charge in [-0.3, -0.25) is 4.79 Å². The molecule has 0 spiro atoms. The molecular formula is C27H31F3N4O3. The van der Waals surface area contributed by atoms with Gasteiger partial charge in [-0.25, -0.2) is 14.4 Å². The number of benzene rings is 2. The Bertz CT molecular complexity index is 1390. The summed E-state index contributed by atoms with van der Waals surface area (Å²) in [6, 6.07) is 6.58. The molecule has 0 unspecified atom stereocenters. The largest absolute Gasteiger partial charge is 0.381 e. The predicted octanol–water partition coefficient (Wildman–Crippen LogP) is 4.99. The van der Waals surface area contributed by atoms with Gasteiger partial charge in [-0.15, -0.1) is 0 Å². The van der Waals surface area contributed by atoms with Gasteiger partial charge in [0.05, 0.1) is 29.1 Å². The molecule has 7 nitrogen and oxygen atoms in total. The van der Waals surface area contributed by atoms with E-state index in [-0.39, 0.29) is 11.5 Å². The van der Waals surface area contributed by atoms with E-state index < -0.39 is 41.0 Å². The third kappa shape index (κ3) is 4.21. The number of amides is 1. The zero-order valence-electron chi connectivity index (χ0n) is 21.9. The molecule has 1 aliphatic heterocycles. The number of carbonyl (C=O) groups excluding carboxylic acids is 1. The summed E-state index contributed by atoms with van der Waals surface area (Å²) >= 11 is 0. The maximum atomic E-state index is 15.5. The van der Waals surface area contributed by atoms with Gasteiger partial charge in [-0.2, -0.15) is 8.78 Å². The van der Waals surface area contributed by atoms with Gasteiger partial charge < -0.3 is 20.1 Å². The molecule has 2 atom stereocenters. The topological polar surface area (TPSA) is 87.6 Å². The van der Waals surface area contributed by atoms with Gasteiger partial charge in [0.25, 0.3) is 0 Å². The molecule has 0 aliphatic carbocycles. The van der Waals surface area contributed by atoms with Gasteiger partial charge in [-0.1, -0.05) is 12.1 Å². The monoisotopic (exact) mass is 516 g/mol. The smallest absolute Gasteiger partial charge is 0.306 e. The number of aromatic nitrogens is 2. The average Bonchev–Trinajstić information content (AvgIpc) is 2.97. The molecule has 0 saturated carbocycles. The Balaban J connectivity index is 1.76. The van der Waals surface area contributed by atoms with Crippen molar-refractivity contribution in [1.29, 1.82) is 0 Å². The van der Waals surface area contributed by atoms with Crippen molar-refractivity contribution >= 4 is 28.3 Å². The third-order valence-corrected chi connectivity index (χ3v) is 7.09. The van der Waals surface area contributed by atoms with Gasteiger partial charge in [-0.05, 0) is 58.4 Å². The summed E-state index contributed by atoms with van der Waals surface area (Å²) in [6.07, 6.45) is 0. The van der Waals surface area contributed by atoms with Crippen LogP contribution in [0.15, 0.2) is 30.3 Å². The third-order valence-electron chi connectivity index (χ3n) is 7.09. The Hall–Kier alpha value is -3.24. The van der Waals surface area contributed by atoms with E-state index in [9.17, 15) is 9.90 Å². The van der Waals surface area contributed by atoms with Crippen molar-refractivity contribution in [2.75, 3.05) is 31.0 Å². The van der Waals surface area contributed by atoms with Crippen molar-refractivity contribution < 1.29 is 27.8 Å². The molecule has 0 saturated heterocycles. The van der Waals surface area contributed by atoms with E-state index in [4.69, 9.17) is 4.74 Å². The van der Waals surface area contributed by atoms with Crippen molar-refractivity contribution in [3.63, 3.8) is 0 Å². The van der Waals surface area contributed by atoms with Crippen LogP contribution < -0.4 is 10.2 Å². The number of alkyl halides is 2. The summed E-state index contributed by atoms with van der Waals surface area (Å²) in [5.41, 5.74) is -2.11. The van der Waals surface area contributed by atoms with E-state index in [0.29, 0.717) is 22.5 Å². The second-order valence-electron chi connectivity index (χ2n) is 10.4. The number of aryl methyl sites for hydroxylation is 1. The Kier molecular flexibility index (Phi) is 6.49. The first-order valence-electron chi connectivity index (χ1n) is 11.9. The highest BCUT2D eigenvalue weighted by Gasteiger charge is 2.52. The fourth-order valence-electron chi connectivity index (χ4n) is 4.88. The van der Waals surface area contributed by atoms with Crippen molar-refractivity contribution in [2.24, 2.45) is 0 Å².